The molecule has 0 spiro atoms. The van der Waals surface area contributed by atoms with Crippen LogP contribution in [0.1, 0.15) is 43.9 Å². The number of aromatic nitrogens is 1. The lowest BCUT2D eigenvalue weighted by molar-refractivity contribution is 0.101. The Kier molecular flexibility index (Phi) is 3.32. The fourth-order valence-electron chi connectivity index (χ4n) is 1.84. The minimum atomic E-state index is -0.0141. The summed E-state index contributed by atoms with van der Waals surface area (Å²) in [5, 5.41) is 0. The number of rotatable bonds is 2. The summed E-state index contributed by atoms with van der Waals surface area (Å²) in [7, 11) is 0. The quantitative estimate of drug-likeness (QED) is 0.773. The van der Waals surface area contributed by atoms with E-state index in [0.717, 1.165) is 16.4 Å². The Bertz CT molecular complexity index is 608. The van der Waals surface area contributed by atoms with Gasteiger partial charge in [0.05, 0.1) is 5.56 Å². The van der Waals surface area contributed by atoms with Crippen molar-refractivity contribution in [2.75, 3.05) is 0 Å². The maximum absolute atomic E-state index is 11.6. The average molecular weight is 310 g/mol. The number of oxazole rings is 1. The minimum absolute atomic E-state index is 0.0141. The van der Waals surface area contributed by atoms with Gasteiger partial charge in [-0.15, -0.1) is 0 Å². The number of halogens is 1. The third-order valence-electron chi connectivity index (χ3n) is 2.56. The first-order valence-electron chi connectivity index (χ1n) is 5.86. The number of benzene rings is 1. The van der Waals surface area contributed by atoms with Crippen molar-refractivity contribution in [3.63, 3.8) is 0 Å². The van der Waals surface area contributed by atoms with Crippen LogP contribution in [0.2, 0.25) is 0 Å². The molecule has 3 nitrogen and oxygen atoms in total. The van der Waals surface area contributed by atoms with Crippen molar-refractivity contribution in [2.24, 2.45) is 5.41 Å². The molecule has 0 atom stereocenters. The van der Waals surface area contributed by atoms with Crippen LogP contribution in [0.4, 0.5) is 0 Å². The van der Waals surface area contributed by atoms with Crippen molar-refractivity contribution in [2.45, 2.75) is 34.1 Å². The van der Waals surface area contributed by atoms with Crippen LogP contribution in [-0.2, 0) is 6.42 Å². The zero-order valence-electron chi connectivity index (χ0n) is 11.0. The van der Waals surface area contributed by atoms with Gasteiger partial charge in [0, 0.05) is 10.9 Å². The summed E-state index contributed by atoms with van der Waals surface area (Å²) in [4.78, 5) is 16.1. The summed E-state index contributed by atoms with van der Waals surface area (Å²) in [5.74, 6) is 0.665. The van der Waals surface area contributed by atoms with Crippen molar-refractivity contribution in [3.8, 4) is 0 Å². The van der Waals surface area contributed by atoms with E-state index in [9.17, 15) is 4.79 Å². The number of nitrogens with zero attached hydrogens (tertiary/aromatic N) is 1. The summed E-state index contributed by atoms with van der Waals surface area (Å²) < 4.78 is 6.58. The summed E-state index contributed by atoms with van der Waals surface area (Å²) >= 11 is 3.39. The number of carbonyl (C=O) groups is 1. The van der Waals surface area contributed by atoms with E-state index in [1.165, 1.54) is 6.92 Å². The van der Waals surface area contributed by atoms with Gasteiger partial charge in [0.15, 0.2) is 17.3 Å². The van der Waals surface area contributed by atoms with E-state index in [1.54, 1.807) is 6.07 Å². The summed E-state index contributed by atoms with van der Waals surface area (Å²) in [6.07, 6.45) is 0.747. The van der Waals surface area contributed by atoms with Gasteiger partial charge in [-0.2, -0.15) is 0 Å². The fourth-order valence-corrected chi connectivity index (χ4v) is 2.28. The Morgan fingerprint density at radius 1 is 1.39 bits per heavy atom. The van der Waals surface area contributed by atoms with Gasteiger partial charge >= 0.3 is 0 Å². The standard InChI is InChI=1S/C14H16BrNO2/c1-8(17)10-5-9(15)6-11-13(10)18-12(16-11)7-14(2,3)4/h5-6H,7H2,1-4H3. The Morgan fingerprint density at radius 2 is 2.06 bits per heavy atom. The van der Waals surface area contributed by atoms with E-state index in [-0.39, 0.29) is 11.2 Å². The molecule has 0 unspecified atom stereocenters. The smallest absolute Gasteiger partial charge is 0.196 e. The molecule has 0 amide bonds. The molecular weight excluding hydrogens is 294 g/mol. The third kappa shape index (κ3) is 2.80. The van der Waals surface area contributed by atoms with Gasteiger partial charge in [0.25, 0.3) is 0 Å². The molecule has 2 aromatic rings. The molecule has 1 heterocycles. The largest absolute Gasteiger partial charge is 0.440 e. The van der Waals surface area contributed by atoms with Crippen LogP contribution in [0.25, 0.3) is 11.1 Å². The van der Waals surface area contributed by atoms with Crippen LogP contribution < -0.4 is 0 Å². The molecule has 4 heteroatoms. The molecule has 1 aromatic carbocycles. The number of hydrogen-bond acceptors (Lipinski definition) is 3. The topological polar surface area (TPSA) is 43.1 Å². The van der Waals surface area contributed by atoms with Crippen LogP contribution in [0.5, 0.6) is 0 Å². The first-order chi connectivity index (χ1) is 8.26. The Balaban J connectivity index is 2.57. The molecule has 96 valence electrons. The molecule has 18 heavy (non-hydrogen) atoms. The van der Waals surface area contributed by atoms with Crippen molar-refractivity contribution in [3.05, 3.63) is 28.1 Å². The van der Waals surface area contributed by atoms with Crippen molar-refractivity contribution >= 4 is 32.8 Å². The van der Waals surface area contributed by atoms with Gasteiger partial charge in [0.1, 0.15) is 5.52 Å². The molecule has 0 bridgehead atoms. The molecule has 2 rings (SSSR count). The van der Waals surface area contributed by atoms with Gasteiger partial charge in [-0.1, -0.05) is 36.7 Å². The number of carbonyl (C=O) groups excluding carboxylic acids is 1. The summed E-state index contributed by atoms with van der Waals surface area (Å²) in [6.45, 7) is 7.92. The van der Waals surface area contributed by atoms with E-state index in [2.05, 4.69) is 41.7 Å². The van der Waals surface area contributed by atoms with Crippen molar-refractivity contribution < 1.29 is 9.21 Å². The SMILES string of the molecule is CC(=O)c1cc(Br)cc2nc(CC(C)(C)C)oc12. The lowest BCUT2D eigenvalue weighted by Gasteiger charge is -2.14. The van der Waals surface area contributed by atoms with Crippen LogP contribution in [0.3, 0.4) is 0 Å². The molecule has 0 N–H and O–H groups in total. The van der Waals surface area contributed by atoms with Crippen LogP contribution in [0, 0.1) is 5.41 Å². The van der Waals surface area contributed by atoms with Crippen LogP contribution in [0.15, 0.2) is 21.0 Å². The molecule has 1 aromatic heterocycles. The highest BCUT2D eigenvalue weighted by Gasteiger charge is 2.19. The molecular formula is C14H16BrNO2. The predicted molar refractivity (Wildman–Crippen MR) is 74.9 cm³/mol. The van der Waals surface area contributed by atoms with E-state index in [0.29, 0.717) is 17.0 Å². The fraction of sp³-hybridized carbons (Fsp3) is 0.429. The highest BCUT2D eigenvalue weighted by molar-refractivity contribution is 9.10. The van der Waals surface area contributed by atoms with Crippen molar-refractivity contribution in [1.29, 1.82) is 0 Å². The van der Waals surface area contributed by atoms with Gasteiger partial charge in [-0.25, -0.2) is 4.98 Å². The predicted octanol–water partition coefficient (Wildman–Crippen LogP) is 4.38. The second kappa shape index (κ2) is 4.50. The molecule has 0 saturated heterocycles. The molecule has 0 aliphatic carbocycles. The van der Waals surface area contributed by atoms with E-state index >= 15 is 0 Å². The lowest BCUT2D eigenvalue weighted by atomic mass is 9.92. The molecule has 0 saturated carbocycles. The Hall–Kier alpha value is -1.16. The first kappa shape index (κ1) is 13.3. The summed E-state index contributed by atoms with van der Waals surface area (Å²) in [6, 6.07) is 3.65. The zero-order valence-corrected chi connectivity index (χ0v) is 12.6. The van der Waals surface area contributed by atoms with Gasteiger partial charge in [-0.05, 0) is 24.5 Å². The Labute approximate surface area is 115 Å². The normalized spacial score (nSPS) is 12.1. The molecule has 0 aliphatic rings. The summed E-state index contributed by atoms with van der Waals surface area (Å²) in [5.41, 5.74) is 2.00. The number of fused-ring (bicyclic) bond motifs is 1. The monoisotopic (exact) mass is 309 g/mol. The van der Waals surface area contributed by atoms with E-state index < -0.39 is 0 Å². The average Bonchev–Trinajstić information content (AvgIpc) is 2.54. The second-order valence-corrected chi connectivity index (χ2v) is 6.62. The maximum atomic E-state index is 11.6. The maximum Gasteiger partial charge on any atom is 0.196 e. The molecule has 0 aliphatic heterocycles. The van der Waals surface area contributed by atoms with E-state index in [1.807, 2.05) is 6.07 Å². The third-order valence-corrected chi connectivity index (χ3v) is 3.02. The minimum Gasteiger partial charge on any atom is -0.440 e. The van der Waals surface area contributed by atoms with Gasteiger partial charge in [0.2, 0.25) is 0 Å². The van der Waals surface area contributed by atoms with Gasteiger partial charge in [-0.3, -0.25) is 4.79 Å². The highest BCUT2D eigenvalue weighted by atomic mass is 79.9. The zero-order chi connectivity index (χ0) is 13.5. The number of Topliss-reactive ketones (excluding diaryl/α,β-unsaturated/α-hetero) is 1. The second-order valence-electron chi connectivity index (χ2n) is 5.70. The first-order valence-corrected chi connectivity index (χ1v) is 6.65. The van der Waals surface area contributed by atoms with Crippen LogP contribution >= 0.6 is 15.9 Å². The number of hydrogen-bond donors (Lipinski definition) is 0. The highest BCUT2D eigenvalue weighted by Crippen LogP contribution is 2.28. The Morgan fingerprint density at radius 3 is 2.61 bits per heavy atom. The van der Waals surface area contributed by atoms with Crippen LogP contribution in [-0.4, -0.2) is 10.8 Å². The van der Waals surface area contributed by atoms with Crippen molar-refractivity contribution in [1.82, 2.24) is 4.98 Å². The van der Waals surface area contributed by atoms with Gasteiger partial charge < -0.3 is 4.42 Å². The lowest BCUT2D eigenvalue weighted by Crippen LogP contribution is -2.09. The molecule has 0 radical (unpaired) electrons. The number of ketones is 1. The van der Waals surface area contributed by atoms with E-state index in [4.69, 9.17) is 4.42 Å². The molecule has 0 fully saturated rings.